The van der Waals surface area contributed by atoms with Crippen LogP contribution in [0.2, 0.25) is 0 Å². The highest BCUT2D eigenvalue weighted by molar-refractivity contribution is 5.05. The largest absolute Gasteiger partial charge is 0.393 e. The molecule has 1 aliphatic carbocycles. The van der Waals surface area contributed by atoms with Gasteiger partial charge in [0.15, 0.2) is 0 Å². The van der Waals surface area contributed by atoms with Crippen molar-refractivity contribution in [3.63, 3.8) is 0 Å². The number of hydrogen-bond donors (Lipinski definition) is 1. The van der Waals surface area contributed by atoms with Crippen LogP contribution in [0.4, 0.5) is 8.78 Å². The van der Waals surface area contributed by atoms with Gasteiger partial charge < -0.3 is 9.84 Å². The van der Waals surface area contributed by atoms with Crippen molar-refractivity contribution < 1.29 is 18.6 Å². The Morgan fingerprint density at radius 1 is 1.42 bits per heavy atom. The molecule has 2 fully saturated rings. The van der Waals surface area contributed by atoms with Gasteiger partial charge in [0, 0.05) is 0 Å². The maximum Gasteiger partial charge on any atom is 0.246 e. The summed E-state index contributed by atoms with van der Waals surface area (Å²) in [5.74, 6) is 0. The van der Waals surface area contributed by atoms with Crippen molar-refractivity contribution in [2.75, 3.05) is 13.2 Å². The van der Waals surface area contributed by atoms with Crippen LogP contribution >= 0.6 is 0 Å². The maximum absolute atomic E-state index is 12.6. The summed E-state index contributed by atoms with van der Waals surface area (Å²) in [5, 5.41) is 8.97. The third kappa shape index (κ3) is 0.910. The van der Waals surface area contributed by atoms with Gasteiger partial charge in [0.1, 0.15) is 0 Å². The Morgan fingerprint density at radius 3 is 2.42 bits per heavy atom. The lowest BCUT2D eigenvalue weighted by Crippen LogP contribution is -2.31. The molecule has 4 heteroatoms. The zero-order valence-corrected chi connectivity index (χ0v) is 6.72. The Kier molecular flexibility index (Phi) is 1.67. The van der Waals surface area contributed by atoms with E-state index in [-0.39, 0.29) is 13.2 Å². The molecule has 1 saturated heterocycles. The van der Waals surface area contributed by atoms with Gasteiger partial charge in [-0.25, -0.2) is 8.78 Å². The molecule has 0 aromatic carbocycles. The highest BCUT2D eigenvalue weighted by Gasteiger charge is 2.59. The summed E-state index contributed by atoms with van der Waals surface area (Å²) >= 11 is 0. The normalized spacial score (nSPS) is 46.0. The first-order chi connectivity index (χ1) is 5.63. The Bertz CT molecular complexity index is 185. The predicted octanol–water partition coefficient (Wildman–Crippen LogP) is 1.18. The van der Waals surface area contributed by atoms with Gasteiger partial charge in [-0.2, -0.15) is 0 Å². The van der Waals surface area contributed by atoms with Crippen molar-refractivity contribution in [3.05, 3.63) is 0 Å². The van der Waals surface area contributed by atoms with E-state index in [1.807, 2.05) is 0 Å². The Morgan fingerprint density at radius 2 is 2.17 bits per heavy atom. The average molecular weight is 178 g/mol. The fourth-order valence-electron chi connectivity index (χ4n) is 2.27. The lowest BCUT2D eigenvalue weighted by molar-refractivity contribution is -0.0820. The highest BCUT2D eigenvalue weighted by atomic mass is 19.3. The smallest absolute Gasteiger partial charge is 0.246 e. The topological polar surface area (TPSA) is 29.5 Å². The molecule has 1 saturated carbocycles. The molecule has 2 rings (SSSR count). The summed E-state index contributed by atoms with van der Waals surface area (Å²) in [7, 11) is 0. The van der Waals surface area contributed by atoms with Gasteiger partial charge in [0.2, 0.25) is 6.43 Å². The van der Waals surface area contributed by atoms with Gasteiger partial charge in [-0.3, -0.25) is 0 Å². The number of ether oxygens (including phenoxy) is 1. The summed E-state index contributed by atoms with van der Waals surface area (Å²) in [4.78, 5) is 0. The van der Waals surface area contributed by atoms with Crippen LogP contribution in [0.5, 0.6) is 0 Å². The Hall–Kier alpha value is -0.220. The van der Waals surface area contributed by atoms with Crippen LogP contribution in [0.3, 0.4) is 0 Å². The number of alkyl halides is 2. The van der Waals surface area contributed by atoms with Crippen LogP contribution in [0.25, 0.3) is 0 Å². The molecule has 0 amide bonds. The zero-order valence-electron chi connectivity index (χ0n) is 6.72. The van der Waals surface area contributed by atoms with Crippen LogP contribution in [0.1, 0.15) is 19.3 Å². The van der Waals surface area contributed by atoms with E-state index in [0.717, 1.165) is 0 Å². The maximum atomic E-state index is 12.6. The molecule has 12 heavy (non-hydrogen) atoms. The standard InChI is InChI=1S/C8H12F2O2/c9-6(10)7-1-2-8(3-7,4-11)12-5-7/h6,11H,1-5H2. The van der Waals surface area contributed by atoms with E-state index in [0.29, 0.717) is 19.3 Å². The van der Waals surface area contributed by atoms with Crippen LogP contribution in [0, 0.1) is 5.41 Å². The number of rotatable bonds is 2. The Labute approximate surface area is 69.5 Å². The summed E-state index contributed by atoms with van der Waals surface area (Å²) < 4.78 is 30.4. The molecule has 2 nitrogen and oxygen atoms in total. The highest BCUT2D eigenvalue weighted by Crippen LogP contribution is 2.55. The van der Waals surface area contributed by atoms with Gasteiger partial charge in [0.25, 0.3) is 0 Å². The van der Waals surface area contributed by atoms with E-state index in [4.69, 9.17) is 9.84 Å². The molecule has 2 bridgehead atoms. The van der Waals surface area contributed by atoms with Crippen molar-refractivity contribution in [1.82, 2.24) is 0 Å². The lowest BCUT2D eigenvalue weighted by atomic mass is 9.88. The molecule has 2 atom stereocenters. The number of aliphatic hydroxyl groups excluding tert-OH is 1. The van der Waals surface area contributed by atoms with Crippen molar-refractivity contribution >= 4 is 0 Å². The number of hydrogen-bond acceptors (Lipinski definition) is 2. The molecule has 1 heterocycles. The van der Waals surface area contributed by atoms with E-state index in [2.05, 4.69) is 0 Å². The van der Waals surface area contributed by atoms with Gasteiger partial charge in [-0.05, 0) is 19.3 Å². The molecule has 2 aliphatic rings. The molecule has 1 aliphatic heterocycles. The first-order valence-electron chi connectivity index (χ1n) is 4.16. The molecule has 70 valence electrons. The number of aliphatic hydroxyl groups is 1. The van der Waals surface area contributed by atoms with Crippen LogP contribution in [-0.2, 0) is 4.74 Å². The minimum atomic E-state index is -2.31. The Balaban J connectivity index is 2.17. The lowest BCUT2D eigenvalue weighted by Gasteiger charge is -2.26. The third-order valence-corrected chi connectivity index (χ3v) is 3.17. The van der Waals surface area contributed by atoms with Gasteiger partial charge in [-0.15, -0.1) is 0 Å². The van der Waals surface area contributed by atoms with Crippen molar-refractivity contribution in [1.29, 1.82) is 0 Å². The van der Waals surface area contributed by atoms with Gasteiger partial charge in [0.05, 0.1) is 24.2 Å². The van der Waals surface area contributed by atoms with Crippen LogP contribution in [0.15, 0.2) is 0 Å². The molecule has 2 unspecified atom stereocenters. The predicted molar refractivity (Wildman–Crippen MR) is 38.1 cm³/mol. The van der Waals surface area contributed by atoms with Gasteiger partial charge in [-0.1, -0.05) is 0 Å². The minimum Gasteiger partial charge on any atom is -0.393 e. The zero-order chi connectivity index (χ0) is 8.82. The number of fused-ring (bicyclic) bond motifs is 2. The first-order valence-corrected chi connectivity index (χ1v) is 4.16. The third-order valence-electron chi connectivity index (χ3n) is 3.17. The molecule has 0 aromatic rings. The summed E-state index contributed by atoms with van der Waals surface area (Å²) in [6, 6.07) is 0. The number of halogens is 2. The molecule has 1 N–H and O–H groups in total. The molecular formula is C8H12F2O2. The summed E-state index contributed by atoms with van der Waals surface area (Å²) in [5.41, 5.74) is -1.57. The fraction of sp³-hybridized carbons (Fsp3) is 1.00. The minimum absolute atomic E-state index is 0.116. The van der Waals surface area contributed by atoms with Crippen molar-refractivity contribution in [2.45, 2.75) is 31.3 Å². The molecule has 0 spiro atoms. The summed E-state index contributed by atoms with van der Waals surface area (Å²) in [6.45, 7) is -0.00725. The SMILES string of the molecule is OCC12CCC(C(F)F)(CO1)C2. The van der Waals surface area contributed by atoms with Crippen LogP contribution in [-0.4, -0.2) is 30.3 Å². The van der Waals surface area contributed by atoms with E-state index in [1.165, 1.54) is 0 Å². The monoisotopic (exact) mass is 178 g/mol. The van der Waals surface area contributed by atoms with E-state index >= 15 is 0 Å². The van der Waals surface area contributed by atoms with Crippen molar-refractivity contribution in [3.8, 4) is 0 Å². The second kappa shape index (κ2) is 2.39. The summed E-state index contributed by atoms with van der Waals surface area (Å²) in [6.07, 6.45) is -0.916. The molecular weight excluding hydrogens is 166 g/mol. The van der Waals surface area contributed by atoms with E-state index in [9.17, 15) is 8.78 Å². The molecule has 0 radical (unpaired) electrons. The van der Waals surface area contributed by atoms with E-state index in [1.54, 1.807) is 0 Å². The molecule has 0 aromatic heterocycles. The average Bonchev–Trinajstić information content (AvgIpc) is 2.61. The van der Waals surface area contributed by atoms with Crippen molar-refractivity contribution in [2.24, 2.45) is 5.41 Å². The van der Waals surface area contributed by atoms with Crippen LogP contribution < -0.4 is 0 Å². The first kappa shape index (κ1) is 8.38. The second-order valence-electron chi connectivity index (χ2n) is 3.97. The second-order valence-corrected chi connectivity index (χ2v) is 3.97. The van der Waals surface area contributed by atoms with Gasteiger partial charge >= 0.3 is 0 Å². The fourth-order valence-corrected chi connectivity index (χ4v) is 2.27. The van der Waals surface area contributed by atoms with E-state index < -0.39 is 17.4 Å². The quantitative estimate of drug-likeness (QED) is 0.688.